The average molecular weight is 292 g/mol. The molecule has 0 fully saturated rings. The summed E-state index contributed by atoms with van der Waals surface area (Å²) in [5.41, 5.74) is 2.57. The van der Waals surface area contributed by atoms with Crippen LogP contribution in [0.15, 0.2) is 84.9 Å². The molecular formula is C19H17OP. The second-order valence-electron chi connectivity index (χ2n) is 4.98. The molecule has 0 aliphatic heterocycles. The van der Waals surface area contributed by atoms with Crippen molar-refractivity contribution in [1.29, 1.82) is 0 Å². The summed E-state index contributed by atoms with van der Waals surface area (Å²) in [6.07, 6.45) is 0.926. The maximum absolute atomic E-state index is 10.4. The Hall–Kier alpha value is -1.95. The minimum absolute atomic E-state index is 0.926. The average Bonchev–Trinajstić information content (AvgIpc) is 2.57. The molecule has 104 valence electrons. The van der Waals surface area contributed by atoms with Gasteiger partial charge in [0.15, 0.2) is 0 Å². The van der Waals surface area contributed by atoms with E-state index < -0.39 is 8.15 Å². The first-order chi connectivity index (χ1) is 10.3. The van der Waals surface area contributed by atoms with Crippen molar-refractivity contribution in [3.63, 3.8) is 0 Å². The fourth-order valence-corrected chi connectivity index (χ4v) is 3.49. The van der Waals surface area contributed by atoms with Gasteiger partial charge in [-0.15, -0.1) is 0 Å². The molecule has 0 saturated carbocycles. The zero-order valence-corrected chi connectivity index (χ0v) is 12.6. The molecule has 0 heterocycles. The predicted molar refractivity (Wildman–Crippen MR) is 90.5 cm³/mol. The maximum Gasteiger partial charge on any atom is 0.0877 e. The van der Waals surface area contributed by atoms with Crippen molar-refractivity contribution in [2.75, 3.05) is 0 Å². The highest BCUT2D eigenvalue weighted by atomic mass is 31.1. The molecule has 2 heteroatoms. The van der Waals surface area contributed by atoms with E-state index in [0.717, 1.165) is 17.0 Å². The van der Waals surface area contributed by atoms with E-state index in [9.17, 15) is 4.89 Å². The number of hydrogen-bond acceptors (Lipinski definition) is 1. The van der Waals surface area contributed by atoms with Crippen molar-refractivity contribution < 1.29 is 4.89 Å². The first-order valence-electron chi connectivity index (χ1n) is 7.00. The molecule has 3 aromatic rings. The molecule has 3 rings (SSSR count). The second kappa shape index (κ2) is 6.67. The van der Waals surface area contributed by atoms with E-state index in [1.54, 1.807) is 0 Å². The van der Waals surface area contributed by atoms with Gasteiger partial charge < -0.3 is 4.89 Å². The molecule has 0 amide bonds. The molecule has 1 N–H and O–H groups in total. The Balaban J connectivity index is 1.75. The third kappa shape index (κ3) is 3.58. The van der Waals surface area contributed by atoms with Crippen LogP contribution in [0, 0.1) is 0 Å². The fourth-order valence-electron chi connectivity index (χ4n) is 2.30. The minimum atomic E-state index is -1.24. The van der Waals surface area contributed by atoms with Crippen molar-refractivity contribution in [3.8, 4) is 0 Å². The standard InChI is InChI=1S/C19H17OP/c20-21(18-9-5-2-6-10-18)19-13-11-17(12-14-19)15-16-7-3-1-4-8-16/h1-14,20H,15H2. The Bertz CT molecular complexity index is 678. The Morgan fingerprint density at radius 2 is 1.05 bits per heavy atom. The third-order valence-electron chi connectivity index (χ3n) is 3.43. The maximum atomic E-state index is 10.4. The van der Waals surface area contributed by atoms with Gasteiger partial charge in [-0.05, 0) is 17.5 Å². The van der Waals surface area contributed by atoms with E-state index in [4.69, 9.17) is 0 Å². The van der Waals surface area contributed by atoms with Crippen molar-refractivity contribution in [2.45, 2.75) is 6.42 Å². The molecule has 0 radical (unpaired) electrons. The lowest BCUT2D eigenvalue weighted by atomic mass is 10.1. The molecular weight excluding hydrogens is 275 g/mol. The SMILES string of the molecule is OP(c1ccccc1)c1ccc(Cc2ccccc2)cc1. The molecule has 21 heavy (non-hydrogen) atoms. The lowest BCUT2D eigenvalue weighted by Gasteiger charge is -2.11. The van der Waals surface area contributed by atoms with E-state index in [0.29, 0.717) is 0 Å². The first-order valence-corrected chi connectivity index (χ1v) is 8.29. The van der Waals surface area contributed by atoms with Gasteiger partial charge >= 0.3 is 0 Å². The van der Waals surface area contributed by atoms with Gasteiger partial charge in [0.25, 0.3) is 0 Å². The minimum Gasteiger partial charge on any atom is -0.364 e. The van der Waals surface area contributed by atoms with Crippen LogP contribution >= 0.6 is 8.15 Å². The van der Waals surface area contributed by atoms with Crippen LogP contribution in [0.4, 0.5) is 0 Å². The molecule has 0 aromatic heterocycles. The van der Waals surface area contributed by atoms with E-state index in [1.165, 1.54) is 11.1 Å². The molecule has 0 bridgehead atoms. The predicted octanol–water partition coefficient (Wildman–Crippen LogP) is 3.62. The number of rotatable bonds is 4. The highest BCUT2D eigenvalue weighted by Crippen LogP contribution is 2.27. The summed E-state index contributed by atoms with van der Waals surface area (Å²) in [6, 6.07) is 28.6. The van der Waals surface area contributed by atoms with Crippen LogP contribution in [-0.2, 0) is 6.42 Å². The van der Waals surface area contributed by atoms with E-state index in [2.05, 4.69) is 36.4 Å². The molecule has 0 spiro atoms. The summed E-state index contributed by atoms with van der Waals surface area (Å²) in [6.45, 7) is 0. The summed E-state index contributed by atoms with van der Waals surface area (Å²) in [5.74, 6) is 0. The monoisotopic (exact) mass is 292 g/mol. The Kier molecular flexibility index (Phi) is 4.45. The summed E-state index contributed by atoms with van der Waals surface area (Å²) in [5, 5.41) is 1.98. The van der Waals surface area contributed by atoms with Gasteiger partial charge in [0.05, 0.1) is 8.15 Å². The van der Waals surface area contributed by atoms with Crippen molar-refractivity contribution in [1.82, 2.24) is 0 Å². The summed E-state index contributed by atoms with van der Waals surface area (Å²) in [7, 11) is -1.24. The van der Waals surface area contributed by atoms with Gasteiger partial charge in [-0.1, -0.05) is 84.9 Å². The van der Waals surface area contributed by atoms with E-state index in [1.807, 2.05) is 48.5 Å². The Labute approximate surface area is 126 Å². The molecule has 0 saturated heterocycles. The van der Waals surface area contributed by atoms with Gasteiger partial charge in [-0.3, -0.25) is 0 Å². The highest BCUT2D eigenvalue weighted by Gasteiger charge is 2.09. The molecule has 0 aliphatic rings. The van der Waals surface area contributed by atoms with Crippen LogP contribution in [0.2, 0.25) is 0 Å². The van der Waals surface area contributed by atoms with Gasteiger partial charge in [-0.2, -0.15) is 0 Å². The fraction of sp³-hybridized carbons (Fsp3) is 0.0526. The van der Waals surface area contributed by atoms with Crippen molar-refractivity contribution in [3.05, 3.63) is 96.1 Å². The smallest absolute Gasteiger partial charge is 0.0877 e. The van der Waals surface area contributed by atoms with Gasteiger partial charge in [0.2, 0.25) is 0 Å². The molecule has 1 nitrogen and oxygen atoms in total. The topological polar surface area (TPSA) is 20.2 Å². The van der Waals surface area contributed by atoms with Crippen LogP contribution in [0.3, 0.4) is 0 Å². The first kappa shape index (κ1) is 14.0. The van der Waals surface area contributed by atoms with Crippen LogP contribution in [0.1, 0.15) is 11.1 Å². The molecule has 1 atom stereocenters. The highest BCUT2D eigenvalue weighted by molar-refractivity contribution is 7.67. The van der Waals surface area contributed by atoms with Crippen LogP contribution < -0.4 is 10.6 Å². The van der Waals surface area contributed by atoms with Crippen LogP contribution in [-0.4, -0.2) is 4.89 Å². The normalized spacial score (nSPS) is 12.0. The summed E-state index contributed by atoms with van der Waals surface area (Å²) >= 11 is 0. The van der Waals surface area contributed by atoms with Crippen molar-refractivity contribution in [2.24, 2.45) is 0 Å². The van der Waals surface area contributed by atoms with E-state index >= 15 is 0 Å². The Morgan fingerprint density at radius 3 is 1.67 bits per heavy atom. The van der Waals surface area contributed by atoms with Gasteiger partial charge in [0.1, 0.15) is 0 Å². The quantitative estimate of drug-likeness (QED) is 0.728. The molecule has 1 unspecified atom stereocenters. The summed E-state index contributed by atoms with van der Waals surface area (Å²) in [4.78, 5) is 10.4. The van der Waals surface area contributed by atoms with Crippen LogP contribution in [0.25, 0.3) is 0 Å². The second-order valence-corrected chi connectivity index (χ2v) is 6.63. The van der Waals surface area contributed by atoms with Crippen LogP contribution in [0.5, 0.6) is 0 Å². The zero-order valence-electron chi connectivity index (χ0n) is 11.7. The summed E-state index contributed by atoms with van der Waals surface area (Å²) < 4.78 is 0. The third-order valence-corrected chi connectivity index (χ3v) is 5.01. The molecule has 0 aliphatic carbocycles. The number of hydrogen-bond donors (Lipinski definition) is 1. The van der Waals surface area contributed by atoms with Gasteiger partial charge in [0, 0.05) is 10.6 Å². The Morgan fingerprint density at radius 1 is 0.571 bits per heavy atom. The largest absolute Gasteiger partial charge is 0.364 e. The lowest BCUT2D eigenvalue weighted by molar-refractivity contribution is 0.644. The van der Waals surface area contributed by atoms with Crippen molar-refractivity contribution >= 4 is 18.8 Å². The number of benzene rings is 3. The lowest BCUT2D eigenvalue weighted by Crippen LogP contribution is -2.10. The van der Waals surface area contributed by atoms with Gasteiger partial charge in [-0.25, -0.2) is 0 Å². The van der Waals surface area contributed by atoms with E-state index in [-0.39, 0.29) is 0 Å². The zero-order chi connectivity index (χ0) is 14.5. The molecule has 3 aromatic carbocycles.